The van der Waals surface area contributed by atoms with Crippen LogP contribution >= 0.6 is 0 Å². The monoisotopic (exact) mass is 418 g/mol. The summed E-state index contributed by atoms with van der Waals surface area (Å²) in [5, 5.41) is 0.230. The molecule has 0 atom stereocenters. The van der Waals surface area contributed by atoms with Gasteiger partial charge in [0.05, 0.1) is 23.6 Å². The number of fused-ring (bicyclic) bond motifs is 1. The largest absolute Gasteiger partial charge is 0.345 e. The molecule has 7 nitrogen and oxygen atoms in total. The Morgan fingerprint density at radius 2 is 2.07 bits per heavy atom. The number of rotatable bonds is 6. The lowest BCUT2D eigenvalue weighted by Crippen LogP contribution is -2.21. The summed E-state index contributed by atoms with van der Waals surface area (Å²) in [6, 6.07) is 3.12. The molecule has 0 amide bonds. The number of benzene rings is 1. The maximum absolute atomic E-state index is 14.9. The molecule has 0 aliphatic heterocycles. The van der Waals surface area contributed by atoms with Gasteiger partial charge in [0, 0.05) is 23.3 Å². The molecule has 3 aromatic rings. The molecule has 0 saturated carbocycles. The smallest absolute Gasteiger partial charge is 0.233 e. The van der Waals surface area contributed by atoms with Crippen molar-refractivity contribution in [2.24, 2.45) is 5.92 Å². The van der Waals surface area contributed by atoms with Crippen LogP contribution in [0.1, 0.15) is 29.8 Å². The van der Waals surface area contributed by atoms with Crippen LogP contribution in [0.4, 0.5) is 20.2 Å². The van der Waals surface area contributed by atoms with Gasteiger partial charge < -0.3 is 4.98 Å². The molecule has 0 saturated heterocycles. The topological polar surface area (TPSA) is 96.3 Å². The van der Waals surface area contributed by atoms with E-state index in [9.17, 15) is 22.0 Å². The molecular weight excluding hydrogens is 402 g/mol. The van der Waals surface area contributed by atoms with Crippen LogP contribution < -0.4 is 4.72 Å². The predicted molar refractivity (Wildman–Crippen MR) is 104 cm³/mol. The predicted octanol–water partition coefficient (Wildman–Crippen LogP) is 4.02. The van der Waals surface area contributed by atoms with Crippen molar-refractivity contribution in [1.29, 1.82) is 0 Å². The summed E-state index contributed by atoms with van der Waals surface area (Å²) in [6.07, 6.45) is 2.54. The number of aromatic amines is 1. The van der Waals surface area contributed by atoms with Gasteiger partial charge in [-0.1, -0.05) is 13.8 Å². The molecular formula is C19H16F2N4O3S. The van der Waals surface area contributed by atoms with Crippen LogP contribution in [-0.2, 0) is 10.0 Å². The van der Waals surface area contributed by atoms with Gasteiger partial charge in [-0.2, -0.15) is 0 Å². The fourth-order valence-electron chi connectivity index (χ4n) is 2.86. The number of H-pyrrole nitrogens is 1. The number of hydrogen-bond acceptors (Lipinski definition) is 4. The number of nitrogens with zero attached hydrogens (tertiary/aromatic N) is 2. The van der Waals surface area contributed by atoms with Crippen molar-refractivity contribution in [2.45, 2.75) is 13.8 Å². The molecule has 0 bridgehead atoms. The highest BCUT2D eigenvalue weighted by Gasteiger charge is 2.26. The molecule has 0 unspecified atom stereocenters. The molecule has 0 spiro atoms. The molecule has 10 heteroatoms. The number of pyridine rings is 1. The Bertz CT molecular complexity index is 1260. The fraction of sp³-hybridized carbons (Fsp3) is 0.211. The number of ketones is 1. The molecule has 2 aromatic heterocycles. The van der Waals surface area contributed by atoms with Gasteiger partial charge in [0.15, 0.2) is 5.82 Å². The summed E-state index contributed by atoms with van der Waals surface area (Å²) in [5.74, 6) is -3.93. The van der Waals surface area contributed by atoms with Gasteiger partial charge in [-0.3, -0.25) is 14.5 Å². The highest BCUT2D eigenvalue weighted by molar-refractivity contribution is 7.92. The van der Waals surface area contributed by atoms with Crippen molar-refractivity contribution in [2.75, 3.05) is 10.5 Å². The Kier molecular flexibility index (Phi) is 5.35. The first-order valence-electron chi connectivity index (χ1n) is 8.50. The zero-order valence-electron chi connectivity index (χ0n) is 15.5. The first kappa shape index (κ1) is 20.4. The van der Waals surface area contributed by atoms with Gasteiger partial charge >= 0.3 is 0 Å². The Morgan fingerprint density at radius 3 is 2.72 bits per heavy atom. The number of sulfonamides is 1. The molecule has 29 heavy (non-hydrogen) atoms. The van der Waals surface area contributed by atoms with Crippen molar-refractivity contribution >= 4 is 38.2 Å². The normalized spacial score (nSPS) is 11.6. The van der Waals surface area contributed by atoms with E-state index in [0.717, 1.165) is 12.1 Å². The number of aromatic nitrogens is 2. The standard InChI is InChI=1S/C19H16F2N4O3S/c1-10(2)9-29(27,28)25-15-5-4-14(20)16(17(15)21)18(26)13-8-24-19-12(13)6-11(22-3)7-23-19/h4-8,10,25H,9H2,1-2H3,(H,23,24). The lowest BCUT2D eigenvalue weighted by Gasteiger charge is -2.13. The van der Waals surface area contributed by atoms with Crippen LogP contribution in [0.2, 0.25) is 0 Å². The molecule has 0 fully saturated rings. The molecule has 150 valence electrons. The van der Waals surface area contributed by atoms with Crippen LogP contribution in [0.15, 0.2) is 30.6 Å². The van der Waals surface area contributed by atoms with E-state index >= 15 is 0 Å². The van der Waals surface area contributed by atoms with Gasteiger partial charge in [0.1, 0.15) is 11.5 Å². The minimum Gasteiger partial charge on any atom is -0.345 e. The van der Waals surface area contributed by atoms with Crippen molar-refractivity contribution in [3.05, 3.63) is 64.8 Å². The first-order chi connectivity index (χ1) is 13.6. The van der Waals surface area contributed by atoms with Crippen molar-refractivity contribution in [3.63, 3.8) is 0 Å². The van der Waals surface area contributed by atoms with E-state index < -0.39 is 38.7 Å². The minimum atomic E-state index is -3.88. The summed E-state index contributed by atoms with van der Waals surface area (Å²) in [5.41, 5.74) is -1.07. The van der Waals surface area contributed by atoms with Crippen LogP contribution in [-0.4, -0.2) is 29.9 Å². The number of carbonyl (C=O) groups is 1. The highest BCUT2D eigenvalue weighted by atomic mass is 32.2. The summed E-state index contributed by atoms with van der Waals surface area (Å²) in [6.45, 7) is 10.4. The Hall–Kier alpha value is -3.32. The molecule has 0 aliphatic rings. The van der Waals surface area contributed by atoms with Gasteiger partial charge in [0.2, 0.25) is 21.5 Å². The number of anilines is 1. The average Bonchev–Trinajstić information content (AvgIpc) is 3.06. The van der Waals surface area contributed by atoms with E-state index in [1.54, 1.807) is 13.8 Å². The molecule has 2 heterocycles. The van der Waals surface area contributed by atoms with Crippen molar-refractivity contribution < 1.29 is 22.0 Å². The van der Waals surface area contributed by atoms with Crippen LogP contribution in [0.5, 0.6) is 0 Å². The number of halogens is 2. The Morgan fingerprint density at radius 1 is 1.34 bits per heavy atom. The van der Waals surface area contributed by atoms with E-state index in [2.05, 4.69) is 19.5 Å². The van der Waals surface area contributed by atoms with Gasteiger partial charge in [-0.05, 0) is 24.1 Å². The molecule has 2 N–H and O–H groups in total. The maximum Gasteiger partial charge on any atom is 0.233 e. The van der Waals surface area contributed by atoms with Gasteiger partial charge in [-0.15, -0.1) is 0 Å². The quantitative estimate of drug-likeness (QED) is 0.467. The van der Waals surface area contributed by atoms with Crippen LogP contribution in [0.25, 0.3) is 15.9 Å². The minimum absolute atomic E-state index is 0.0852. The summed E-state index contributed by atoms with van der Waals surface area (Å²) < 4.78 is 55.5. The van der Waals surface area contributed by atoms with E-state index in [1.165, 1.54) is 18.5 Å². The average molecular weight is 418 g/mol. The second-order valence-electron chi connectivity index (χ2n) is 6.79. The summed E-state index contributed by atoms with van der Waals surface area (Å²) in [4.78, 5) is 22.8. The third kappa shape index (κ3) is 4.09. The maximum atomic E-state index is 14.9. The van der Waals surface area contributed by atoms with Crippen LogP contribution in [0.3, 0.4) is 0 Å². The molecule has 1 aromatic carbocycles. The summed E-state index contributed by atoms with van der Waals surface area (Å²) >= 11 is 0. The molecule has 0 radical (unpaired) electrons. The zero-order chi connectivity index (χ0) is 21.3. The van der Waals surface area contributed by atoms with E-state index in [1.807, 2.05) is 0 Å². The SMILES string of the molecule is [C-]#[N+]c1cnc2[nH]cc(C(=O)c3c(F)ccc(NS(=O)(=O)CC(C)C)c3F)c2c1. The highest BCUT2D eigenvalue weighted by Crippen LogP contribution is 2.28. The molecule has 3 rings (SSSR count). The second-order valence-corrected chi connectivity index (χ2v) is 8.56. The second kappa shape index (κ2) is 7.60. The number of carbonyl (C=O) groups excluding carboxylic acids is 1. The van der Waals surface area contributed by atoms with E-state index in [4.69, 9.17) is 6.57 Å². The lowest BCUT2D eigenvalue weighted by atomic mass is 10.0. The van der Waals surface area contributed by atoms with Gasteiger partial charge in [-0.25, -0.2) is 22.0 Å². The lowest BCUT2D eigenvalue weighted by molar-refractivity contribution is 0.103. The van der Waals surface area contributed by atoms with Crippen molar-refractivity contribution in [3.8, 4) is 0 Å². The Labute approximate surface area is 165 Å². The first-order valence-corrected chi connectivity index (χ1v) is 10.2. The van der Waals surface area contributed by atoms with E-state index in [0.29, 0.717) is 0 Å². The van der Waals surface area contributed by atoms with Crippen LogP contribution in [0, 0.1) is 24.1 Å². The number of nitrogens with one attached hydrogen (secondary N) is 2. The number of hydrogen-bond donors (Lipinski definition) is 2. The van der Waals surface area contributed by atoms with Gasteiger partial charge in [0.25, 0.3) is 0 Å². The third-order valence-electron chi connectivity index (χ3n) is 4.03. The zero-order valence-corrected chi connectivity index (χ0v) is 16.3. The Balaban J connectivity index is 2.08. The molecule has 0 aliphatic carbocycles. The summed E-state index contributed by atoms with van der Waals surface area (Å²) in [7, 11) is -3.88. The van der Waals surface area contributed by atoms with E-state index in [-0.39, 0.29) is 34.0 Å². The van der Waals surface area contributed by atoms with Crippen molar-refractivity contribution in [1.82, 2.24) is 9.97 Å². The fourth-order valence-corrected chi connectivity index (χ4v) is 4.32. The third-order valence-corrected chi connectivity index (χ3v) is 5.66.